The van der Waals surface area contributed by atoms with Crippen molar-refractivity contribution in [2.75, 3.05) is 0 Å². The SMILES string of the molecule is CC(C)C(c1cccc(F)c1)c1cccc(F)c1.N. The van der Waals surface area contributed by atoms with Gasteiger partial charge in [0.1, 0.15) is 11.6 Å². The molecule has 3 heteroatoms. The average Bonchev–Trinajstić information content (AvgIpc) is 2.28. The fourth-order valence-electron chi connectivity index (χ4n) is 2.36. The third-order valence-electron chi connectivity index (χ3n) is 3.08. The van der Waals surface area contributed by atoms with E-state index in [-0.39, 0.29) is 29.6 Å². The molecule has 2 aromatic rings. The number of rotatable bonds is 3. The maximum Gasteiger partial charge on any atom is 0.123 e. The molecule has 0 unspecified atom stereocenters. The Hall–Kier alpha value is -1.74. The first kappa shape index (κ1) is 15.3. The van der Waals surface area contributed by atoms with Crippen LogP contribution in [0.1, 0.15) is 30.9 Å². The lowest BCUT2D eigenvalue weighted by Crippen LogP contribution is -2.09. The Labute approximate surface area is 112 Å². The summed E-state index contributed by atoms with van der Waals surface area (Å²) in [6, 6.07) is 13.1. The molecule has 0 aliphatic heterocycles. The molecule has 2 rings (SSSR count). The first-order valence-corrected chi connectivity index (χ1v) is 6.09. The largest absolute Gasteiger partial charge is 0.344 e. The highest BCUT2D eigenvalue weighted by molar-refractivity contribution is 5.33. The Kier molecular flexibility index (Phi) is 5.19. The lowest BCUT2D eigenvalue weighted by atomic mass is 9.82. The second-order valence-corrected chi connectivity index (χ2v) is 4.83. The number of halogens is 2. The van der Waals surface area contributed by atoms with Crippen LogP contribution in [-0.4, -0.2) is 0 Å². The Balaban J connectivity index is 0.00000180. The number of hydrogen-bond acceptors (Lipinski definition) is 1. The van der Waals surface area contributed by atoms with Gasteiger partial charge in [0, 0.05) is 5.92 Å². The molecule has 0 spiro atoms. The van der Waals surface area contributed by atoms with Crippen molar-refractivity contribution in [3.05, 3.63) is 71.3 Å². The van der Waals surface area contributed by atoms with E-state index in [1.807, 2.05) is 12.1 Å². The van der Waals surface area contributed by atoms with Crippen molar-refractivity contribution >= 4 is 0 Å². The fraction of sp³-hybridized carbons (Fsp3) is 0.250. The van der Waals surface area contributed by atoms with E-state index in [1.54, 1.807) is 12.1 Å². The van der Waals surface area contributed by atoms with E-state index in [1.165, 1.54) is 24.3 Å². The topological polar surface area (TPSA) is 35.0 Å². The summed E-state index contributed by atoms with van der Waals surface area (Å²) in [4.78, 5) is 0. The summed E-state index contributed by atoms with van der Waals surface area (Å²) in [5, 5.41) is 0. The van der Waals surface area contributed by atoms with Crippen LogP contribution in [-0.2, 0) is 0 Å². The lowest BCUT2D eigenvalue weighted by Gasteiger charge is -2.22. The second kappa shape index (κ2) is 6.43. The van der Waals surface area contributed by atoms with Gasteiger partial charge in [-0.05, 0) is 41.3 Å². The van der Waals surface area contributed by atoms with Crippen molar-refractivity contribution in [1.82, 2.24) is 6.15 Å². The summed E-state index contributed by atoms with van der Waals surface area (Å²) >= 11 is 0. The van der Waals surface area contributed by atoms with Crippen LogP contribution in [0.15, 0.2) is 48.5 Å². The van der Waals surface area contributed by atoms with Crippen LogP contribution in [0.25, 0.3) is 0 Å². The van der Waals surface area contributed by atoms with Gasteiger partial charge in [0.2, 0.25) is 0 Å². The van der Waals surface area contributed by atoms with Crippen molar-refractivity contribution in [3.63, 3.8) is 0 Å². The molecule has 0 heterocycles. The molecule has 0 bridgehead atoms. The molecule has 102 valence electrons. The summed E-state index contributed by atoms with van der Waals surface area (Å²) in [7, 11) is 0. The van der Waals surface area contributed by atoms with Crippen molar-refractivity contribution < 1.29 is 8.78 Å². The Morgan fingerprint density at radius 1 is 0.789 bits per heavy atom. The molecule has 19 heavy (non-hydrogen) atoms. The van der Waals surface area contributed by atoms with Crippen molar-refractivity contribution in [1.29, 1.82) is 0 Å². The van der Waals surface area contributed by atoms with Gasteiger partial charge in [-0.25, -0.2) is 8.78 Å². The van der Waals surface area contributed by atoms with Crippen LogP contribution in [0.4, 0.5) is 8.78 Å². The van der Waals surface area contributed by atoms with Gasteiger partial charge in [-0.15, -0.1) is 0 Å². The van der Waals surface area contributed by atoms with E-state index in [4.69, 9.17) is 0 Å². The van der Waals surface area contributed by atoms with Crippen LogP contribution in [0.5, 0.6) is 0 Å². The molecule has 0 saturated heterocycles. The first-order valence-electron chi connectivity index (χ1n) is 6.09. The Morgan fingerprint density at radius 2 is 1.21 bits per heavy atom. The van der Waals surface area contributed by atoms with E-state index in [0.29, 0.717) is 0 Å². The zero-order valence-corrected chi connectivity index (χ0v) is 11.2. The third kappa shape index (κ3) is 3.61. The van der Waals surface area contributed by atoms with Gasteiger partial charge in [0.25, 0.3) is 0 Å². The normalized spacial score (nSPS) is 10.6. The maximum atomic E-state index is 13.3. The molecule has 0 aliphatic carbocycles. The molecule has 0 saturated carbocycles. The van der Waals surface area contributed by atoms with Gasteiger partial charge in [0.05, 0.1) is 0 Å². The molecule has 0 fully saturated rings. The minimum atomic E-state index is -0.255. The highest BCUT2D eigenvalue weighted by Gasteiger charge is 2.18. The van der Waals surface area contributed by atoms with Crippen molar-refractivity contribution in [3.8, 4) is 0 Å². The molecule has 0 aromatic heterocycles. The van der Waals surface area contributed by atoms with Crippen LogP contribution in [0.2, 0.25) is 0 Å². The van der Waals surface area contributed by atoms with E-state index in [2.05, 4.69) is 13.8 Å². The van der Waals surface area contributed by atoms with Gasteiger partial charge in [-0.1, -0.05) is 38.1 Å². The predicted molar refractivity (Wildman–Crippen MR) is 74.5 cm³/mol. The fourth-order valence-corrected chi connectivity index (χ4v) is 2.36. The number of hydrogen-bond donors (Lipinski definition) is 1. The van der Waals surface area contributed by atoms with Gasteiger partial charge < -0.3 is 6.15 Å². The third-order valence-corrected chi connectivity index (χ3v) is 3.08. The van der Waals surface area contributed by atoms with Gasteiger partial charge >= 0.3 is 0 Å². The zero-order chi connectivity index (χ0) is 13.1. The molecule has 0 aliphatic rings. The summed E-state index contributed by atoms with van der Waals surface area (Å²) in [5.41, 5.74) is 1.77. The quantitative estimate of drug-likeness (QED) is 0.838. The van der Waals surface area contributed by atoms with E-state index in [0.717, 1.165) is 11.1 Å². The summed E-state index contributed by atoms with van der Waals surface area (Å²) in [6.07, 6.45) is 0. The van der Waals surface area contributed by atoms with E-state index >= 15 is 0 Å². The van der Waals surface area contributed by atoms with E-state index < -0.39 is 0 Å². The molecule has 2 aromatic carbocycles. The Bertz CT molecular complexity index is 492. The molecular formula is C16H19F2N. The van der Waals surface area contributed by atoms with Crippen LogP contribution < -0.4 is 6.15 Å². The van der Waals surface area contributed by atoms with Crippen molar-refractivity contribution in [2.45, 2.75) is 19.8 Å². The Morgan fingerprint density at radius 3 is 1.53 bits per heavy atom. The van der Waals surface area contributed by atoms with Gasteiger partial charge in [-0.2, -0.15) is 0 Å². The van der Waals surface area contributed by atoms with Crippen molar-refractivity contribution in [2.24, 2.45) is 5.92 Å². The standard InChI is InChI=1S/C16H16F2.H3N/c1-11(2)16(12-5-3-7-14(17)9-12)13-6-4-8-15(18)10-13;/h3-11,16H,1-2H3;1H3. The average molecular weight is 263 g/mol. The second-order valence-electron chi connectivity index (χ2n) is 4.83. The highest BCUT2D eigenvalue weighted by Crippen LogP contribution is 2.32. The van der Waals surface area contributed by atoms with E-state index in [9.17, 15) is 8.78 Å². The van der Waals surface area contributed by atoms with Crippen LogP contribution >= 0.6 is 0 Å². The summed E-state index contributed by atoms with van der Waals surface area (Å²) in [5.74, 6) is -0.228. The summed E-state index contributed by atoms with van der Waals surface area (Å²) in [6.45, 7) is 4.11. The summed E-state index contributed by atoms with van der Waals surface area (Å²) < 4.78 is 26.6. The molecule has 1 nitrogen and oxygen atoms in total. The number of benzene rings is 2. The van der Waals surface area contributed by atoms with Crippen LogP contribution in [0.3, 0.4) is 0 Å². The van der Waals surface area contributed by atoms with Gasteiger partial charge in [-0.3, -0.25) is 0 Å². The zero-order valence-electron chi connectivity index (χ0n) is 11.2. The molecule has 3 N–H and O–H groups in total. The molecular weight excluding hydrogens is 244 g/mol. The highest BCUT2D eigenvalue weighted by atomic mass is 19.1. The first-order chi connectivity index (χ1) is 8.58. The maximum absolute atomic E-state index is 13.3. The monoisotopic (exact) mass is 263 g/mol. The molecule has 0 atom stereocenters. The minimum Gasteiger partial charge on any atom is -0.344 e. The molecule has 0 amide bonds. The smallest absolute Gasteiger partial charge is 0.123 e. The van der Waals surface area contributed by atoms with Crippen LogP contribution in [0, 0.1) is 17.6 Å². The lowest BCUT2D eigenvalue weighted by molar-refractivity contribution is 0.550. The molecule has 0 radical (unpaired) electrons. The van der Waals surface area contributed by atoms with Gasteiger partial charge in [0.15, 0.2) is 0 Å². The minimum absolute atomic E-state index is 0. The predicted octanol–water partition coefficient (Wildman–Crippen LogP) is 4.91.